The zero-order valence-corrected chi connectivity index (χ0v) is 19.9. The lowest BCUT2D eigenvalue weighted by Crippen LogP contribution is -2.44. The molecule has 5 nitrogen and oxygen atoms in total. The zero-order chi connectivity index (χ0) is 23.6. The van der Waals surface area contributed by atoms with Crippen LogP contribution in [-0.4, -0.2) is 61.1 Å². The fourth-order valence-corrected chi connectivity index (χ4v) is 4.68. The van der Waals surface area contributed by atoms with E-state index in [2.05, 4.69) is 46.6 Å². The molecule has 0 atom stereocenters. The number of phenolic OH excluding ortho intramolecular Hbond substituents is 1. The van der Waals surface area contributed by atoms with Gasteiger partial charge in [-0.1, -0.05) is 48.5 Å². The third-order valence-corrected chi connectivity index (χ3v) is 6.50. The summed E-state index contributed by atoms with van der Waals surface area (Å²) in [6.45, 7) is 6.13. The van der Waals surface area contributed by atoms with Crippen molar-refractivity contribution in [2.24, 2.45) is 0 Å². The third-order valence-electron chi connectivity index (χ3n) is 6.50. The van der Waals surface area contributed by atoms with E-state index in [0.29, 0.717) is 6.42 Å². The average molecular weight is 461 g/mol. The molecule has 1 heterocycles. The molecule has 3 N–H and O–H groups in total. The number of nitrogens with zero attached hydrogens (tertiary/aromatic N) is 1. The highest BCUT2D eigenvalue weighted by Crippen LogP contribution is 2.39. The molecule has 1 fully saturated rings. The predicted molar refractivity (Wildman–Crippen MR) is 138 cm³/mol. The number of aliphatic hydroxyl groups excluding tert-OH is 1. The van der Waals surface area contributed by atoms with Crippen molar-refractivity contribution in [2.75, 3.05) is 45.9 Å². The fraction of sp³-hybridized carbons (Fsp3) is 0.379. The van der Waals surface area contributed by atoms with Gasteiger partial charge in [-0.3, -0.25) is 4.90 Å². The number of hydrogen-bond acceptors (Lipinski definition) is 5. The van der Waals surface area contributed by atoms with Gasteiger partial charge in [0.1, 0.15) is 12.4 Å². The van der Waals surface area contributed by atoms with Crippen LogP contribution in [-0.2, 0) is 4.74 Å². The highest BCUT2D eigenvalue weighted by molar-refractivity contribution is 5.98. The maximum atomic E-state index is 9.86. The predicted octanol–water partition coefficient (Wildman–Crippen LogP) is 4.60. The number of piperazine rings is 1. The second-order valence-corrected chi connectivity index (χ2v) is 8.86. The quantitative estimate of drug-likeness (QED) is 0.452. The van der Waals surface area contributed by atoms with Crippen molar-refractivity contribution in [3.05, 3.63) is 89.2 Å². The summed E-state index contributed by atoms with van der Waals surface area (Å²) in [6, 6.07) is 17.9. The molecule has 0 bridgehead atoms. The highest BCUT2D eigenvalue weighted by atomic mass is 16.5. The molecule has 0 amide bonds. The summed E-state index contributed by atoms with van der Waals surface area (Å²) in [5.74, 6) is 1.30. The molecule has 0 unspecified atom stereocenters. The summed E-state index contributed by atoms with van der Waals surface area (Å²) < 4.78 is 6.12. The summed E-state index contributed by atoms with van der Waals surface area (Å²) in [5, 5.41) is 22.8. The topological polar surface area (TPSA) is 65.0 Å². The van der Waals surface area contributed by atoms with Gasteiger partial charge in [0.15, 0.2) is 0 Å². The smallest absolute Gasteiger partial charge is 0.115 e. The average Bonchev–Trinajstić information content (AvgIpc) is 2.89. The summed E-state index contributed by atoms with van der Waals surface area (Å²) in [5.41, 5.74) is 5.93. The lowest BCUT2D eigenvalue weighted by atomic mass is 9.84. The van der Waals surface area contributed by atoms with E-state index < -0.39 is 0 Å². The van der Waals surface area contributed by atoms with Crippen LogP contribution in [0.3, 0.4) is 0 Å². The van der Waals surface area contributed by atoms with Crippen LogP contribution in [0.2, 0.25) is 0 Å². The fourth-order valence-electron chi connectivity index (χ4n) is 4.68. The Kier molecular flexibility index (Phi) is 8.97. The van der Waals surface area contributed by atoms with Crippen molar-refractivity contribution in [3.8, 4) is 5.75 Å². The van der Waals surface area contributed by atoms with Crippen LogP contribution in [0.4, 0.5) is 0 Å². The van der Waals surface area contributed by atoms with Gasteiger partial charge in [-0.15, -0.1) is 0 Å². The monoisotopic (exact) mass is 460 g/mol. The van der Waals surface area contributed by atoms with Crippen molar-refractivity contribution in [1.82, 2.24) is 10.2 Å². The zero-order valence-electron chi connectivity index (χ0n) is 19.9. The second kappa shape index (κ2) is 12.6. The molecule has 0 spiro atoms. The maximum Gasteiger partial charge on any atom is 0.115 e. The largest absolute Gasteiger partial charge is 0.508 e. The number of ether oxygens (including phenoxy) is 1. The number of allylic oxidation sites excluding steroid dienone is 6. The number of nitrogens with one attached hydrogen (secondary N) is 1. The molecule has 34 heavy (non-hydrogen) atoms. The van der Waals surface area contributed by atoms with E-state index in [1.54, 1.807) is 12.1 Å². The molecular weight excluding hydrogens is 424 g/mol. The van der Waals surface area contributed by atoms with E-state index in [-0.39, 0.29) is 12.4 Å². The summed E-state index contributed by atoms with van der Waals surface area (Å²) >= 11 is 0. The molecule has 2 aromatic rings. The van der Waals surface area contributed by atoms with Crippen LogP contribution in [0, 0.1) is 0 Å². The Labute approximate surface area is 203 Å². The SMILES string of the molecule is OCCC/C(=C(/C1=CC=C(OCCN2CCNCC2)CC1)c1ccc(O)cc1)c1ccccc1. The molecule has 180 valence electrons. The lowest BCUT2D eigenvalue weighted by Gasteiger charge is -2.27. The minimum absolute atomic E-state index is 0.156. The minimum atomic E-state index is 0.156. The molecule has 1 aliphatic heterocycles. The van der Waals surface area contributed by atoms with Crippen LogP contribution in [0.5, 0.6) is 5.75 Å². The number of rotatable bonds is 10. The minimum Gasteiger partial charge on any atom is -0.508 e. The molecule has 0 saturated carbocycles. The second-order valence-electron chi connectivity index (χ2n) is 8.86. The Morgan fingerprint density at radius 1 is 0.912 bits per heavy atom. The Morgan fingerprint density at radius 3 is 2.35 bits per heavy atom. The van der Waals surface area contributed by atoms with E-state index in [9.17, 15) is 10.2 Å². The number of benzene rings is 2. The van der Waals surface area contributed by atoms with Gasteiger partial charge in [-0.2, -0.15) is 0 Å². The van der Waals surface area contributed by atoms with Crippen molar-refractivity contribution in [1.29, 1.82) is 0 Å². The first-order valence-electron chi connectivity index (χ1n) is 12.4. The molecule has 0 aromatic heterocycles. The van der Waals surface area contributed by atoms with Gasteiger partial charge in [0, 0.05) is 45.8 Å². The molecule has 4 rings (SSSR count). The molecule has 2 aromatic carbocycles. The molecule has 1 aliphatic carbocycles. The van der Waals surface area contributed by atoms with Gasteiger partial charge in [0.05, 0.1) is 5.76 Å². The van der Waals surface area contributed by atoms with E-state index >= 15 is 0 Å². The Bertz CT molecular complexity index is 1000. The molecule has 1 saturated heterocycles. The molecular formula is C29H36N2O3. The van der Waals surface area contributed by atoms with Crippen molar-refractivity contribution in [2.45, 2.75) is 25.7 Å². The van der Waals surface area contributed by atoms with Crippen LogP contribution < -0.4 is 5.32 Å². The number of aliphatic hydroxyl groups is 1. The Morgan fingerprint density at radius 2 is 1.68 bits per heavy atom. The van der Waals surface area contributed by atoms with E-state index in [1.165, 1.54) is 22.3 Å². The van der Waals surface area contributed by atoms with Crippen LogP contribution >= 0.6 is 0 Å². The standard InChI is InChI=1S/C29H36N2O3/c32-21-4-7-28(23-5-2-1-3-6-23)29(24-8-12-26(33)13-9-24)25-10-14-27(15-11-25)34-22-20-31-18-16-30-17-19-31/h1-3,5-6,8-10,12-14,30,32-33H,4,7,11,15-22H2/b29-28-. The van der Waals surface area contributed by atoms with Crippen LogP contribution in [0.1, 0.15) is 36.8 Å². The van der Waals surface area contributed by atoms with Gasteiger partial charge in [0.2, 0.25) is 0 Å². The normalized spacial score (nSPS) is 17.6. The van der Waals surface area contributed by atoms with Gasteiger partial charge in [-0.05, 0) is 65.3 Å². The van der Waals surface area contributed by atoms with E-state index in [1.807, 2.05) is 18.2 Å². The first-order valence-corrected chi connectivity index (χ1v) is 12.4. The van der Waals surface area contributed by atoms with Crippen LogP contribution in [0.15, 0.2) is 78.1 Å². The summed E-state index contributed by atoms with van der Waals surface area (Å²) in [6.07, 6.45) is 7.56. The Hall–Kier alpha value is -2.86. The van der Waals surface area contributed by atoms with Gasteiger partial charge < -0.3 is 20.3 Å². The number of phenols is 1. The van der Waals surface area contributed by atoms with Crippen molar-refractivity contribution >= 4 is 11.1 Å². The van der Waals surface area contributed by atoms with Gasteiger partial charge >= 0.3 is 0 Å². The van der Waals surface area contributed by atoms with E-state index in [4.69, 9.17) is 4.74 Å². The first kappa shape index (κ1) is 24.3. The lowest BCUT2D eigenvalue weighted by molar-refractivity contribution is 0.142. The summed E-state index contributed by atoms with van der Waals surface area (Å²) in [7, 11) is 0. The van der Waals surface area contributed by atoms with Gasteiger partial charge in [0.25, 0.3) is 0 Å². The van der Waals surface area contributed by atoms with Crippen molar-refractivity contribution < 1.29 is 14.9 Å². The molecule has 2 aliphatic rings. The first-order chi connectivity index (χ1) is 16.7. The highest BCUT2D eigenvalue weighted by Gasteiger charge is 2.19. The third kappa shape index (κ3) is 6.60. The van der Waals surface area contributed by atoms with Crippen molar-refractivity contribution in [3.63, 3.8) is 0 Å². The number of hydrogen-bond donors (Lipinski definition) is 3. The summed E-state index contributed by atoms with van der Waals surface area (Å²) in [4.78, 5) is 2.44. The maximum absolute atomic E-state index is 9.86. The van der Waals surface area contributed by atoms with E-state index in [0.717, 1.165) is 69.9 Å². The number of aromatic hydroxyl groups is 1. The Balaban J connectivity index is 1.60. The van der Waals surface area contributed by atoms with Gasteiger partial charge in [-0.25, -0.2) is 0 Å². The van der Waals surface area contributed by atoms with Crippen LogP contribution in [0.25, 0.3) is 11.1 Å². The molecule has 5 heteroatoms. The molecule has 0 radical (unpaired) electrons.